The van der Waals surface area contributed by atoms with Gasteiger partial charge >= 0.3 is 0 Å². The van der Waals surface area contributed by atoms with Gasteiger partial charge in [-0.1, -0.05) is 0 Å². The van der Waals surface area contributed by atoms with Crippen LogP contribution in [0.1, 0.15) is 19.1 Å². The van der Waals surface area contributed by atoms with Crippen molar-refractivity contribution in [3.05, 3.63) is 24.2 Å². The maximum absolute atomic E-state index is 8.97. The van der Waals surface area contributed by atoms with Crippen molar-refractivity contribution >= 4 is 11.8 Å². The Kier molecular flexibility index (Phi) is 4.25. The molecular weight excluding hydrogens is 172 g/mol. The number of aliphatic hydroxyl groups excluding tert-OH is 1. The molecule has 1 N–H and O–H groups in total. The highest BCUT2D eigenvalue weighted by molar-refractivity contribution is 7.98. The molecule has 2 nitrogen and oxygen atoms in total. The average Bonchev–Trinajstić information content (AvgIpc) is 2.49. The molecule has 0 aliphatic heterocycles. The van der Waals surface area contributed by atoms with Gasteiger partial charge in [-0.3, -0.25) is 0 Å². The maximum Gasteiger partial charge on any atom is 0.113 e. The maximum atomic E-state index is 8.97. The molecule has 1 rings (SSSR count). The minimum atomic E-state index is -0.186. The Morgan fingerprint density at radius 1 is 1.67 bits per heavy atom. The van der Waals surface area contributed by atoms with Crippen LogP contribution < -0.4 is 0 Å². The molecule has 0 saturated heterocycles. The van der Waals surface area contributed by atoms with Gasteiger partial charge in [0, 0.05) is 0 Å². The molecule has 1 atom stereocenters. The zero-order valence-electron chi connectivity index (χ0n) is 7.19. The predicted molar refractivity (Wildman–Crippen MR) is 51.2 cm³/mol. The summed E-state index contributed by atoms with van der Waals surface area (Å²) in [5.74, 6) is 2.89. The van der Waals surface area contributed by atoms with E-state index in [1.807, 2.05) is 19.1 Å². The van der Waals surface area contributed by atoms with Gasteiger partial charge in [-0.25, -0.2) is 0 Å². The molecule has 0 aliphatic rings. The lowest BCUT2D eigenvalue weighted by Gasteiger charge is -2.01. The van der Waals surface area contributed by atoms with E-state index in [2.05, 4.69) is 0 Å². The van der Waals surface area contributed by atoms with E-state index in [0.29, 0.717) is 0 Å². The first kappa shape index (κ1) is 9.68. The van der Waals surface area contributed by atoms with E-state index in [4.69, 9.17) is 9.52 Å². The van der Waals surface area contributed by atoms with Crippen molar-refractivity contribution in [2.45, 2.75) is 25.2 Å². The lowest BCUT2D eigenvalue weighted by Crippen LogP contribution is -2.00. The molecule has 1 unspecified atom stereocenters. The Bertz CT molecular complexity index is 194. The second-order valence-electron chi connectivity index (χ2n) is 2.77. The second-order valence-corrected chi connectivity index (χ2v) is 3.87. The number of aliphatic hydroxyl groups is 1. The highest BCUT2D eigenvalue weighted by Crippen LogP contribution is 2.13. The number of rotatable bonds is 5. The molecule has 3 heteroatoms. The van der Waals surface area contributed by atoms with Crippen LogP contribution in [0.4, 0.5) is 0 Å². The molecular formula is C9H14O2S. The summed E-state index contributed by atoms with van der Waals surface area (Å²) >= 11 is 1.79. The molecule has 0 saturated carbocycles. The van der Waals surface area contributed by atoms with Gasteiger partial charge in [-0.05, 0) is 31.2 Å². The van der Waals surface area contributed by atoms with Crippen LogP contribution in [-0.2, 0) is 5.75 Å². The van der Waals surface area contributed by atoms with Crippen LogP contribution in [0, 0.1) is 0 Å². The van der Waals surface area contributed by atoms with Crippen molar-refractivity contribution in [2.75, 3.05) is 5.75 Å². The fourth-order valence-electron chi connectivity index (χ4n) is 0.821. The monoisotopic (exact) mass is 186 g/mol. The summed E-state index contributed by atoms with van der Waals surface area (Å²) in [7, 11) is 0. The molecule has 0 amide bonds. The molecule has 0 aliphatic carbocycles. The van der Waals surface area contributed by atoms with Crippen molar-refractivity contribution in [3.8, 4) is 0 Å². The third kappa shape index (κ3) is 3.83. The van der Waals surface area contributed by atoms with E-state index in [9.17, 15) is 0 Å². The molecule has 0 bridgehead atoms. The van der Waals surface area contributed by atoms with Crippen LogP contribution >= 0.6 is 11.8 Å². The van der Waals surface area contributed by atoms with Gasteiger partial charge in [0.15, 0.2) is 0 Å². The highest BCUT2D eigenvalue weighted by atomic mass is 32.2. The summed E-state index contributed by atoms with van der Waals surface area (Å²) in [6.07, 6.45) is 2.35. The van der Waals surface area contributed by atoms with Gasteiger partial charge in [-0.15, -0.1) is 0 Å². The third-order valence-electron chi connectivity index (χ3n) is 1.50. The molecule has 1 aromatic rings. The Morgan fingerprint density at radius 2 is 2.50 bits per heavy atom. The van der Waals surface area contributed by atoms with E-state index in [1.165, 1.54) is 0 Å². The van der Waals surface area contributed by atoms with Crippen LogP contribution in [0.25, 0.3) is 0 Å². The van der Waals surface area contributed by atoms with Crippen LogP contribution in [0.2, 0.25) is 0 Å². The van der Waals surface area contributed by atoms with Crippen LogP contribution in [0.15, 0.2) is 22.8 Å². The molecule has 1 aromatic heterocycles. The number of hydrogen-bond acceptors (Lipinski definition) is 3. The molecule has 0 radical (unpaired) electrons. The Labute approximate surface area is 77.0 Å². The van der Waals surface area contributed by atoms with E-state index in [0.717, 1.165) is 23.7 Å². The van der Waals surface area contributed by atoms with Gasteiger partial charge in [0.1, 0.15) is 5.76 Å². The standard InChI is InChI=1S/C9H14O2S/c1-8(10)4-6-12-7-9-3-2-5-11-9/h2-3,5,8,10H,4,6-7H2,1H3. The zero-order chi connectivity index (χ0) is 8.81. The van der Waals surface area contributed by atoms with Crippen LogP contribution in [0.5, 0.6) is 0 Å². The second kappa shape index (κ2) is 5.27. The summed E-state index contributed by atoms with van der Waals surface area (Å²) in [5, 5.41) is 8.97. The van der Waals surface area contributed by atoms with Gasteiger partial charge in [-0.2, -0.15) is 11.8 Å². The SMILES string of the molecule is CC(O)CCSCc1ccco1. The van der Waals surface area contributed by atoms with Crippen molar-refractivity contribution < 1.29 is 9.52 Å². The number of furan rings is 1. The first-order chi connectivity index (χ1) is 5.79. The highest BCUT2D eigenvalue weighted by Gasteiger charge is 1.98. The molecule has 1 heterocycles. The van der Waals surface area contributed by atoms with Gasteiger partial charge in [0.25, 0.3) is 0 Å². The number of hydrogen-bond donors (Lipinski definition) is 1. The van der Waals surface area contributed by atoms with Gasteiger partial charge in [0.2, 0.25) is 0 Å². The Hall–Kier alpha value is -0.410. The molecule has 0 fully saturated rings. The van der Waals surface area contributed by atoms with Gasteiger partial charge < -0.3 is 9.52 Å². The summed E-state index contributed by atoms with van der Waals surface area (Å²) in [6.45, 7) is 1.81. The summed E-state index contributed by atoms with van der Waals surface area (Å²) in [4.78, 5) is 0. The molecule has 68 valence electrons. The summed E-state index contributed by atoms with van der Waals surface area (Å²) in [6, 6.07) is 3.86. The third-order valence-corrected chi connectivity index (χ3v) is 2.52. The van der Waals surface area contributed by atoms with E-state index in [1.54, 1.807) is 18.0 Å². The summed E-state index contributed by atoms with van der Waals surface area (Å²) in [5.41, 5.74) is 0. The number of thioether (sulfide) groups is 1. The van der Waals surface area contributed by atoms with E-state index < -0.39 is 0 Å². The Morgan fingerprint density at radius 3 is 3.08 bits per heavy atom. The first-order valence-corrected chi connectivity index (χ1v) is 5.22. The van der Waals surface area contributed by atoms with E-state index >= 15 is 0 Å². The van der Waals surface area contributed by atoms with Crippen molar-refractivity contribution in [2.24, 2.45) is 0 Å². The van der Waals surface area contributed by atoms with Crippen LogP contribution in [0.3, 0.4) is 0 Å². The van der Waals surface area contributed by atoms with Gasteiger partial charge in [0.05, 0.1) is 18.1 Å². The van der Waals surface area contributed by atoms with Crippen molar-refractivity contribution in [3.63, 3.8) is 0 Å². The largest absolute Gasteiger partial charge is 0.468 e. The van der Waals surface area contributed by atoms with E-state index in [-0.39, 0.29) is 6.10 Å². The fraction of sp³-hybridized carbons (Fsp3) is 0.556. The fourth-order valence-corrected chi connectivity index (χ4v) is 1.84. The molecule has 12 heavy (non-hydrogen) atoms. The van der Waals surface area contributed by atoms with Crippen molar-refractivity contribution in [1.29, 1.82) is 0 Å². The average molecular weight is 186 g/mol. The minimum Gasteiger partial charge on any atom is -0.468 e. The molecule has 0 aromatic carbocycles. The van der Waals surface area contributed by atoms with Crippen LogP contribution in [-0.4, -0.2) is 17.0 Å². The molecule has 0 spiro atoms. The lowest BCUT2D eigenvalue weighted by molar-refractivity contribution is 0.192. The minimum absolute atomic E-state index is 0.186. The first-order valence-electron chi connectivity index (χ1n) is 4.07. The van der Waals surface area contributed by atoms with Crippen molar-refractivity contribution in [1.82, 2.24) is 0 Å². The normalized spacial score (nSPS) is 13.2. The zero-order valence-corrected chi connectivity index (χ0v) is 8.01. The topological polar surface area (TPSA) is 33.4 Å². The smallest absolute Gasteiger partial charge is 0.113 e. The summed E-state index contributed by atoms with van der Waals surface area (Å²) < 4.78 is 5.16. The predicted octanol–water partition coefficient (Wildman–Crippen LogP) is 2.28. The Balaban J connectivity index is 2.04. The lowest BCUT2D eigenvalue weighted by atomic mass is 10.3. The quantitative estimate of drug-likeness (QED) is 0.716.